The number of carboxylic acid groups (broad SMARTS) is 1. The summed E-state index contributed by atoms with van der Waals surface area (Å²) in [7, 11) is 0. The predicted molar refractivity (Wildman–Crippen MR) is 71.0 cm³/mol. The molecular formula is C12H12BrNO4. The quantitative estimate of drug-likeness (QED) is 0.837. The van der Waals surface area contributed by atoms with E-state index < -0.39 is 12.1 Å². The van der Waals surface area contributed by atoms with Crippen molar-refractivity contribution in [3.05, 3.63) is 40.4 Å². The largest absolute Gasteiger partial charge is 0.478 e. The molecule has 1 amide bonds. The number of benzene rings is 1. The number of anilines is 1. The van der Waals surface area contributed by atoms with E-state index in [0.717, 1.165) is 0 Å². The summed E-state index contributed by atoms with van der Waals surface area (Å²) in [4.78, 5) is 22.5. The zero-order chi connectivity index (χ0) is 13.7. The van der Waals surface area contributed by atoms with Crippen molar-refractivity contribution in [1.29, 1.82) is 0 Å². The Morgan fingerprint density at radius 3 is 2.78 bits per heavy atom. The Kier molecular flexibility index (Phi) is 4.91. The molecule has 0 saturated carbocycles. The Labute approximate surface area is 113 Å². The van der Waals surface area contributed by atoms with E-state index in [1.54, 1.807) is 13.0 Å². The maximum Gasteiger partial charge on any atom is 0.411 e. The van der Waals surface area contributed by atoms with Crippen LogP contribution in [0.5, 0.6) is 0 Å². The van der Waals surface area contributed by atoms with Crippen LogP contribution in [0.2, 0.25) is 0 Å². The van der Waals surface area contributed by atoms with E-state index in [1.807, 2.05) is 0 Å². The first-order chi connectivity index (χ1) is 8.47. The van der Waals surface area contributed by atoms with Crippen LogP contribution in [0.25, 0.3) is 0 Å². The molecule has 1 rings (SSSR count). The van der Waals surface area contributed by atoms with Crippen molar-refractivity contribution < 1.29 is 19.4 Å². The van der Waals surface area contributed by atoms with Gasteiger partial charge in [0.2, 0.25) is 0 Å². The fraction of sp³-hybridized carbons (Fsp3) is 0.167. The number of carbonyl (C=O) groups excluding carboxylic acids is 1. The third kappa shape index (κ3) is 3.33. The second-order valence-corrected chi connectivity index (χ2v) is 4.27. The van der Waals surface area contributed by atoms with Crippen LogP contribution in [-0.2, 0) is 4.74 Å². The molecule has 0 radical (unpaired) electrons. The number of ether oxygens (including phenoxy) is 1. The van der Waals surface area contributed by atoms with E-state index in [-0.39, 0.29) is 17.9 Å². The van der Waals surface area contributed by atoms with Gasteiger partial charge < -0.3 is 9.84 Å². The van der Waals surface area contributed by atoms with Gasteiger partial charge in [-0.25, -0.2) is 9.59 Å². The van der Waals surface area contributed by atoms with Crippen LogP contribution in [0, 0.1) is 6.92 Å². The molecule has 0 fully saturated rings. The molecule has 0 unspecified atom stereocenters. The van der Waals surface area contributed by atoms with Crippen LogP contribution in [-0.4, -0.2) is 23.8 Å². The predicted octanol–water partition coefficient (Wildman–Crippen LogP) is 3.19. The lowest BCUT2D eigenvalue weighted by Crippen LogP contribution is -2.17. The molecule has 0 aliphatic heterocycles. The molecule has 6 heteroatoms. The SMILES string of the molecule is C=CCOC(=O)Nc1ccc(Br)c(C)c1C(=O)O. The first kappa shape index (κ1) is 14.2. The Hall–Kier alpha value is -1.82. The maximum atomic E-state index is 11.4. The van der Waals surface area contributed by atoms with Crippen molar-refractivity contribution >= 4 is 33.7 Å². The summed E-state index contributed by atoms with van der Waals surface area (Å²) in [6, 6.07) is 3.15. The Morgan fingerprint density at radius 1 is 1.56 bits per heavy atom. The number of hydrogen-bond acceptors (Lipinski definition) is 3. The summed E-state index contributed by atoms with van der Waals surface area (Å²) < 4.78 is 5.38. The molecule has 96 valence electrons. The van der Waals surface area contributed by atoms with Gasteiger partial charge in [0.1, 0.15) is 6.61 Å². The van der Waals surface area contributed by atoms with E-state index in [0.29, 0.717) is 10.0 Å². The fourth-order valence-corrected chi connectivity index (χ4v) is 1.68. The van der Waals surface area contributed by atoms with Gasteiger partial charge >= 0.3 is 12.1 Å². The van der Waals surface area contributed by atoms with E-state index in [4.69, 9.17) is 9.84 Å². The second-order valence-electron chi connectivity index (χ2n) is 3.41. The standard InChI is InChI=1S/C12H12BrNO4/c1-3-6-18-12(17)14-9-5-4-8(13)7(2)10(9)11(15)16/h3-5H,1,6H2,2H3,(H,14,17)(H,15,16). The Balaban J connectivity index is 3.02. The smallest absolute Gasteiger partial charge is 0.411 e. The van der Waals surface area contributed by atoms with Gasteiger partial charge in [0.05, 0.1) is 11.3 Å². The van der Waals surface area contributed by atoms with Crippen LogP contribution in [0.15, 0.2) is 29.3 Å². The molecule has 0 aliphatic carbocycles. The van der Waals surface area contributed by atoms with Crippen LogP contribution in [0.1, 0.15) is 15.9 Å². The number of carboxylic acids is 1. The number of aromatic carboxylic acids is 1. The number of halogens is 1. The minimum absolute atomic E-state index is 0.0277. The second kappa shape index (κ2) is 6.20. The molecule has 18 heavy (non-hydrogen) atoms. The Morgan fingerprint density at radius 2 is 2.22 bits per heavy atom. The highest BCUT2D eigenvalue weighted by Gasteiger charge is 2.17. The van der Waals surface area contributed by atoms with Gasteiger partial charge in [0.15, 0.2) is 0 Å². The monoisotopic (exact) mass is 313 g/mol. The number of carbonyl (C=O) groups is 2. The molecule has 0 saturated heterocycles. The minimum Gasteiger partial charge on any atom is -0.478 e. The van der Waals surface area contributed by atoms with E-state index in [2.05, 4.69) is 27.8 Å². The zero-order valence-electron chi connectivity index (χ0n) is 9.70. The molecule has 1 aromatic rings. The van der Waals surface area contributed by atoms with Crippen molar-refractivity contribution in [2.24, 2.45) is 0 Å². The molecule has 0 aromatic heterocycles. The molecule has 2 N–H and O–H groups in total. The lowest BCUT2D eigenvalue weighted by molar-refractivity contribution is 0.0697. The first-order valence-electron chi connectivity index (χ1n) is 5.04. The van der Waals surface area contributed by atoms with Gasteiger partial charge in [-0.2, -0.15) is 0 Å². The summed E-state index contributed by atoms with van der Waals surface area (Å²) in [6.45, 7) is 5.11. The maximum absolute atomic E-state index is 11.4. The van der Waals surface area contributed by atoms with Crippen LogP contribution in [0.4, 0.5) is 10.5 Å². The highest BCUT2D eigenvalue weighted by Crippen LogP contribution is 2.26. The van der Waals surface area contributed by atoms with Crippen LogP contribution in [0.3, 0.4) is 0 Å². The average molecular weight is 314 g/mol. The van der Waals surface area contributed by atoms with Gasteiger partial charge in [-0.1, -0.05) is 28.6 Å². The highest BCUT2D eigenvalue weighted by molar-refractivity contribution is 9.10. The normalized spacial score (nSPS) is 9.67. The molecule has 0 aliphatic rings. The lowest BCUT2D eigenvalue weighted by atomic mass is 10.1. The third-order valence-electron chi connectivity index (χ3n) is 2.18. The van der Waals surface area contributed by atoms with Gasteiger partial charge in [-0.05, 0) is 24.6 Å². The summed E-state index contributed by atoms with van der Waals surface area (Å²) in [5.74, 6) is -1.12. The van der Waals surface area contributed by atoms with Crippen molar-refractivity contribution in [3.8, 4) is 0 Å². The minimum atomic E-state index is -1.12. The van der Waals surface area contributed by atoms with Gasteiger partial charge in [0, 0.05) is 4.47 Å². The summed E-state index contributed by atoms with van der Waals surface area (Å²) >= 11 is 3.24. The van der Waals surface area contributed by atoms with Gasteiger partial charge in [-0.3, -0.25) is 5.32 Å². The fourth-order valence-electron chi connectivity index (χ4n) is 1.35. The van der Waals surface area contributed by atoms with E-state index in [1.165, 1.54) is 12.1 Å². The van der Waals surface area contributed by atoms with E-state index >= 15 is 0 Å². The molecule has 0 bridgehead atoms. The number of amides is 1. The average Bonchev–Trinajstić information content (AvgIpc) is 2.31. The summed E-state index contributed by atoms with van der Waals surface area (Å²) in [5.41, 5.74) is 0.751. The zero-order valence-corrected chi connectivity index (χ0v) is 11.3. The molecular weight excluding hydrogens is 302 g/mol. The van der Waals surface area contributed by atoms with Crippen LogP contribution >= 0.6 is 15.9 Å². The Bertz CT molecular complexity index is 499. The molecule has 0 spiro atoms. The first-order valence-corrected chi connectivity index (χ1v) is 5.83. The van der Waals surface area contributed by atoms with Crippen molar-refractivity contribution in [2.75, 3.05) is 11.9 Å². The highest BCUT2D eigenvalue weighted by atomic mass is 79.9. The van der Waals surface area contributed by atoms with E-state index in [9.17, 15) is 9.59 Å². The van der Waals surface area contributed by atoms with Gasteiger partial charge in [0.25, 0.3) is 0 Å². The van der Waals surface area contributed by atoms with Crippen molar-refractivity contribution in [3.63, 3.8) is 0 Å². The summed E-state index contributed by atoms with van der Waals surface area (Å²) in [5, 5.41) is 11.5. The molecule has 1 aromatic carbocycles. The number of nitrogens with one attached hydrogen (secondary N) is 1. The molecule has 0 atom stereocenters. The lowest BCUT2D eigenvalue weighted by Gasteiger charge is -2.11. The molecule has 0 heterocycles. The number of hydrogen-bond donors (Lipinski definition) is 2. The molecule has 5 nitrogen and oxygen atoms in total. The third-order valence-corrected chi connectivity index (χ3v) is 3.04. The number of rotatable bonds is 4. The summed E-state index contributed by atoms with van der Waals surface area (Å²) in [6.07, 6.45) is 0.698. The van der Waals surface area contributed by atoms with Crippen molar-refractivity contribution in [2.45, 2.75) is 6.92 Å². The van der Waals surface area contributed by atoms with Crippen LogP contribution < -0.4 is 5.32 Å². The topological polar surface area (TPSA) is 75.6 Å². The van der Waals surface area contributed by atoms with Gasteiger partial charge in [-0.15, -0.1) is 0 Å². The van der Waals surface area contributed by atoms with Crippen molar-refractivity contribution in [1.82, 2.24) is 0 Å².